The van der Waals surface area contributed by atoms with Crippen molar-refractivity contribution in [3.63, 3.8) is 0 Å². The second-order valence-corrected chi connectivity index (χ2v) is 7.84. The quantitative estimate of drug-likeness (QED) is 0.908. The monoisotopic (exact) mass is 354 g/mol. The smallest absolute Gasteiger partial charge is 0.266 e. The molecule has 0 aromatic carbocycles. The van der Waals surface area contributed by atoms with Crippen molar-refractivity contribution in [2.75, 3.05) is 0 Å². The number of aryl methyl sites for hydroxylation is 1. The van der Waals surface area contributed by atoms with Crippen LogP contribution in [0.15, 0.2) is 41.3 Å². The fourth-order valence-corrected chi connectivity index (χ4v) is 4.63. The lowest BCUT2D eigenvalue weighted by Crippen LogP contribution is -2.59. The fourth-order valence-electron chi connectivity index (χ4n) is 4.63. The van der Waals surface area contributed by atoms with Gasteiger partial charge in [0.15, 0.2) is 0 Å². The van der Waals surface area contributed by atoms with Crippen molar-refractivity contribution in [2.24, 2.45) is 0 Å². The molecule has 2 aliphatic rings. The highest BCUT2D eigenvalue weighted by molar-refractivity contribution is 5.07. The van der Waals surface area contributed by atoms with Crippen LogP contribution in [0.5, 0.6) is 0 Å². The molecule has 0 saturated carbocycles. The van der Waals surface area contributed by atoms with Gasteiger partial charge in [-0.15, -0.1) is 0 Å². The first-order chi connectivity index (χ1) is 12.5. The molecule has 4 heterocycles. The lowest BCUT2D eigenvalue weighted by molar-refractivity contribution is -0.105. The van der Waals surface area contributed by atoms with E-state index in [-0.39, 0.29) is 12.1 Å². The predicted molar refractivity (Wildman–Crippen MR) is 98.6 cm³/mol. The Bertz CT molecular complexity index is 806. The van der Waals surface area contributed by atoms with E-state index in [0.717, 1.165) is 30.8 Å². The summed E-state index contributed by atoms with van der Waals surface area (Å²) in [7, 11) is 0. The van der Waals surface area contributed by atoms with Gasteiger partial charge in [-0.05, 0) is 50.8 Å². The maximum absolute atomic E-state index is 12.1. The molecular weight excluding hydrogens is 328 g/mol. The number of piperidine rings is 2. The van der Waals surface area contributed by atoms with Crippen LogP contribution in [-0.2, 0) is 13.1 Å². The summed E-state index contributed by atoms with van der Waals surface area (Å²) in [4.78, 5) is 19.1. The Kier molecular flexibility index (Phi) is 4.63. The fraction of sp³-hybridized carbons (Fsp3) is 0.550. The molecule has 2 bridgehead atoms. The zero-order valence-electron chi connectivity index (χ0n) is 15.2. The summed E-state index contributed by atoms with van der Waals surface area (Å²) in [6, 6.07) is 9.92. The summed E-state index contributed by atoms with van der Waals surface area (Å²) in [5, 5.41) is 15.6. The molecule has 0 amide bonds. The topological polar surface area (TPSA) is 71.2 Å². The standard InChI is InChI=1S/C20H26N4O2/c1-15-8-9-19(25)24(22-15)14-20(26)11-17-6-4-7-18(12-20)23(17)13-16-5-2-3-10-21-16/h2-3,5,8-10,17-18,26H,4,6-7,11-14H2,1H3. The molecule has 2 aromatic heterocycles. The average molecular weight is 354 g/mol. The van der Waals surface area contributed by atoms with Gasteiger partial charge in [0.2, 0.25) is 0 Å². The van der Waals surface area contributed by atoms with E-state index < -0.39 is 5.60 Å². The minimum absolute atomic E-state index is 0.148. The SMILES string of the molecule is Cc1ccc(=O)n(CC2(O)CC3CCCC(C2)N3Cc2ccccn2)n1. The van der Waals surface area contributed by atoms with E-state index >= 15 is 0 Å². The molecular formula is C20H26N4O2. The molecule has 26 heavy (non-hydrogen) atoms. The average Bonchev–Trinajstić information content (AvgIpc) is 2.60. The van der Waals surface area contributed by atoms with Gasteiger partial charge in [-0.3, -0.25) is 14.7 Å². The van der Waals surface area contributed by atoms with E-state index in [9.17, 15) is 9.90 Å². The molecule has 2 atom stereocenters. The maximum atomic E-state index is 12.1. The number of hydrogen-bond donors (Lipinski definition) is 1. The molecule has 1 N–H and O–H groups in total. The molecule has 0 aliphatic carbocycles. The zero-order valence-corrected chi connectivity index (χ0v) is 15.2. The van der Waals surface area contributed by atoms with E-state index in [1.54, 1.807) is 6.07 Å². The minimum atomic E-state index is -0.874. The van der Waals surface area contributed by atoms with Crippen LogP contribution in [0.3, 0.4) is 0 Å². The third-order valence-electron chi connectivity index (χ3n) is 5.76. The van der Waals surface area contributed by atoms with Crippen LogP contribution in [0, 0.1) is 6.92 Å². The number of pyridine rings is 1. The van der Waals surface area contributed by atoms with Crippen molar-refractivity contribution in [3.8, 4) is 0 Å². The molecule has 2 fully saturated rings. The Morgan fingerprint density at radius 2 is 1.96 bits per heavy atom. The Hall–Kier alpha value is -2.05. The van der Waals surface area contributed by atoms with Gasteiger partial charge in [0.1, 0.15) is 0 Å². The van der Waals surface area contributed by atoms with E-state index in [1.807, 2.05) is 25.3 Å². The number of fused-ring (bicyclic) bond motifs is 2. The highest BCUT2D eigenvalue weighted by Crippen LogP contribution is 2.40. The number of aromatic nitrogens is 3. The van der Waals surface area contributed by atoms with Crippen LogP contribution in [0.25, 0.3) is 0 Å². The van der Waals surface area contributed by atoms with Crippen molar-refractivity contribution >= 4 is 0 Å². The van der Waals surface area contributed by atoms with Gasteiger partial charge in [-0.25, -0.2) is 4.68 Å². The van der Waals surface area contributed by atoms with Crippen molar-refractivity contribution in [1.29, 1.82) is 0 Å². The van der Waals surface area contributed by atoms with Crippen LogP contribution in [-0.4, -0.2) is 42.5 Å². The van der Waals surface area contributed by atoms with Crippen molar-refractivity contribution in [2.45, 2.75) is 69.8 Å². The van der Waals surface area contributed by atoms with Gasteiger partial charge >= 0.3 is 0 Å². The molecule has 2 aliphatic heterocycles. The van der Waals surface area contributed by atoms with E-state index in [0.29, 0.717) is 24.9 Å². The Morgan fingerprint density at radius 3 is 2.65 bits per heavy atom. The minimum Gasteiger partial charge on any atom is -0.388 e. The lowest BCUT2D eigenvalue weighted by Gasteiger charge is -2.52. The van der Waals surface area contributed by atoms with E-state index in [2.05, 4.69) is 21.0 Å². The van der Waals surface area contributed by atoms with E-state index in [4.69, 9.17) is 0 Å². The third-order valence-corrected chi connectivity index (χ3v) is 5.76. The van der Waals surface area contributed by atoms with Crippen LogP contribution < -0.4 is 5.56 Å². The Labute approximate surface area is 153 Å². The normalized spacial score (nSPS) is 28.8. The molecule has 2 saturated heterocycles. The lowest BCUT2D eigenvalue weighted by atomic mass is 9.75. The highest BCUT2D eigenvalue weighted by Gasteiger charge is 2.45. The first-order valence-corrected chi connectivity index (χ1v) is 9.45. The van der Waals surface area contributed by atoms with Gasteiger partial charge in [-0.2, -0.15) is 5.10 Å². The van der Waals surface area contributed by atoms with Crippen LogP contribution >= 0.6 is 0 Å². The van der Waals surface area contributed by atoms with Crippen molar-refractivity contribution in [1.82, 2.24) is 19.7 Å². The summed E-state index contributed by atoms with van der Waals surface area (Å²) in [5.41, 5.74) is 0.846. The van der Waals surface area contributed by atoms with Crippen LogP contribution in [0.2, 0.25) is 0 Å². The maximum Gasteiger partial charge on any atom is 0.266 e. The van der Waals surface area contributed by atoms with Gasteiger partial charge in [-0.1, -0.05) is 12.5 Å². The Morgan fingerprint density at radius 1 is 1.19 bits per heavy atom. The summed E-state index contributed by atoms with van der Waals surface area (Å²) in [6.45, 7) is 2.97. The molecule has 2 aromatic rings. The van der Waals surface area contributed by atoms with Gasteiger partial charge in [0.05, 0.1) is 23.5 Å². The van der Waals surface area contributed by atoms with Crippen molar-refractivity contribution in [3.05, 3.63) is 58.3 Å². The van der Waals surface area contributed by atoms with Crippen LogP contribution in [0.4, 0.5) is 0 Å². The van der Waals surface area contributed by atoms with Crippen LogP contribution in [0.1, 0.15) is 43.5 Å². The van der Waals surface area contributed by atoms with Gasteiger partial charge < -0.3 is 5.11 Å². The molecule has 6 heteroatoms. The second kappa shape index (κ2) is 6.93. The first kappa shape index (κ1) is 17.4. The molecule has 2 unspecified atom stereocenters. The summed E-state index contributed by atoms with van der Waals surface area (Å²) in [6.07, 6.45) is 6.56. The number of rotatable bonds is 4. The predicted octanol–water partition coefficient (Wildman–Crippen LogP) is 1.89. The molecule has 0 spiro atoms. The number of hydrogen-bond acceptors (Lipinski definition) is 5. The second-order valence-electron chi connectivity index (χ2n) is 7.84. The molecule has 0 radical (unpaired) electrons. The largest absolute Gasteiger partial charge is 0.388 e. The molecule has 4 rings (SSSR count). The van der Waals surface area contributed by atoms with Gasteiger partial charge in [0.25, 0.3) is 5.56 Å². The number of aliphatic hydroxyl groups is 1. The van der Waals surface area contributed by atoms with Gasteiger partial charge in [0, 0.05) is 30.9 Å². The molecule has 6 nitrogen and oxygen atoms in total. The Balaban J connectivity index is 1.53. The first-order valence-electron chi connectivity index (χ1n) is 9.45. The van der Waals surface area contributed by atoms with E-state index in [1.165, 1.54) is 17.2 Å². The van der Waals surface area contributed by atoms with Crippen molar-refractivity contribution < 1.29 is 5.11 Å². The molecule has 138 valence electrons. The summed E-state index contributed by atoms with van der Waals surface area (Å²) >= 11 is 0. The highest BCUT2D eigenvalue weighted by atomic mass is 16.3. The third kappa shape index (κ3) is 3.57. The summed E-state index contributed by atoms with van der Waals surface area (Å²) < 4.78 is 1.43. The zero-order chi connectivity index (χ0) is 18.1. The summed E-state index contributed by atoms with van der Waals surface area (Å²) in [5.74, 6) is 0. The number of nitrogens with zero attached hydrogens (tertiary/aromatic N) is 4.